The molecule has 0 radical (unpaired) electrons. The first-order valence-corrected chi connectivity index (χ1v) is 6.33. The predicted molar refractivity (Wildman–Crippen MR) is 60.2 cm³/mol. The summed E-state index contributed by atoms with van der Waals surface area (Å²) in [5.74, 6) is 2.09. The second kappa shape index (κ2) is 6.14. The van der Waals surface area contributed by atoms with Gasteiger partial charge in [-0.05, 0) is 13.2 Å². The Labute approximate surface area is 92.8 Å². The number of nitrogens with zero attached hydrogens (tertiary/aromatic N) is 2. The number of thioether (sulfide) groups is 1. The van der Waals surface area contributed by atoms with Crippen molar-refractivity contribution < 1.29 is 4.42 Å². The van der Waals surface area contributed by atoms with Crippen LogP contribution in [-0.4, -0.2) is 34.1 Å². The Kier molecular flexibility index (Phi) is 5.11. The first-order chi connectivity index (χ1) is 6.76. The Bertz CT molecular complexity index is 269. The number of aromatic nitrogens is 2. The Morgan fingerprint density at radius 2 is 2.36 bits per heavy atom. The summed E-state index contributed by atoms with van der Waals surface area (Å²) in [6.45, 7) is 2.07. The number of halogens is 1. The van der Waals surface area contributed by atoms with Gasteiger partial charge in [-0.1, -0.05) is 5.10 Å². The summed E-state index contributed by atoms with van der Waals surface area (Å²) in [7, 11) is 0. The van der Waals surface area contributed by atoms with Crippen LogP contribution in [0.4, 0.5) is 6.01 Å². The van der Waals surface area contributed by atoms with Crippen molar-refractivity contribution in [1.82, 2.24) is 10.2 Å². The van der Waals surface area contributed by atoms with Crippen molar-refractivity contribution in [3.05, 3.63) is 5.89 Å². The first-order valence-electron chi connectivity index (χ1n) is 4.40. The van der Waals surface area contributed by atoms with E-state index in [4.69, 9.17) is 16.0 Å². The fourth-order valence-corrected chi connectivity index (χ4v) is 1.74. The number of anilines is 1. The predicted octanol–water partition coefficient (Wildman–Crippen LogP) is 2.01. The molecule has 0 aliphatic heterocycles. The molecule has 0 amide bonds. The smallest absolute Gasteiger partial charge is 0.315 e. The molecule has 1 rings (SSSR count). The molecule has 4 nitrogen and oxygen atoms in total. The summed E-state index contributed by atoms with van der Waals surface area (Å²) in [5.41, 5.74) is 0. The minimum absolute atomic E-state index is 0.328. The fourth-order valence-electron chi connectivity index (χ4n) is 0.996. The quantitative estimate of drug-likeness (QED) is 0.765. The highest BCUT2D eigenvalue weighted by Gasteiger charge is 2.07. The maximum atomic E-state index is 5.55. The highest BCUT2D eigenvalue weighted by atomic mass is 35.5. The lowest BCUT2D eigenvalue weighted by Crippen LogP contribution is -2.17. The third kappa shape index (κ3) is 3.75. The van der Waals surface area contributed by atoms with Gasteiger partial charge in [0.15, 0.2) is 0 Å². The van der Waals surface area contributed by atoms with E-state index < -0.39 is 0 Å². The van der Waals surface area contributed by atoms with Gasteiger partial charge >= 0.3 is 6.01 Å². The van der Waals surface area contributed by atoms with E-state index in [9.17, 15) is 0 Å². The normalized spacial score (nSPS) is 12.8. The summed E-state index contributed by atoms with van der Waals surface area (Å²) < 4.78 is 5.31. The standard InChI is InChI=1S/C8H14ClN3OS/c1-6(5-14-2)10-8-12-11-7(13-8)3-4-9/h6H,3-5H2,1-2H3,(H,10,12). The maximum absolute atomic E-state index is 5.55. The van der Waals surface area contributed by atoms with Crippen molar-refractivity contribution in [2.75, 3.05) is 23.2 Å². The topological polar surface area (TPSA) is 51.0 Å². The molecule has 0 aliphatic rings. The molecular formula is C8H14ClN3OS. The molecule has 14 heavy (non-hydrogen) atoms. The molecule has 1 aromatic rings. The van der Waals surface area contributed by atoms with E-state index in [-0.39, 0.29) is 0 Å². The molecule has 0 aliphatic carbocycles. The van der Waals surface area contributed by atoms with Gasteiger partial charge < -0.3 is 9.73 Å². The zero-order valence-corrected chi connectivity index (χ0v) is 9.86. The monoisotopic (exact) mass is 235 g/mol. The van der Waals surface area contributed by atoms with Crippen LogP contribution in [0.2, 0.25) is 0 Å². The molecule has 0 aromatic carbocycles. The maximum Gasteiger partial charge on any atom is 0.315 e. The van der Waals surface area contributed by atoms with Crippen molar-refractivity contribution in [3.8, 4) is 0 Å². The molecule has 0 bridgehead atoms. The molecule has 6 heteroatoms. The van der Waals surface area contributed by atoms with Crippen molar-refractivity contribution in [3.63, 3.8) is 0 Å². The van der Waals surface area contributed by atoms with Crippen LogP contribution < -0.4 is 5.32 Å². The summed E-state index contributed by atoms with van der Waals surface area (Å²) in [6, 6.07) is 0.806. The zero-order valence-electron chi connectivity index (χ0n) is 8.29. The van der Waals surface area contributed by atoms with Crippen molar-refractivity contribution in [2.24, 2.45) is 0 Å². The van der Waals surface area contributed by atoms with Crippen LogP contribution in [0.25, 0.3) is 0 Å². The van der Waals surface area contributed by atoms with E-state index in [0.29, 0.717) is 30.2 Å². The third-order valence-corrected chi connectivity index (χ3v) is 2.58. The molecular weight excluding hydrogens is 222 g/mol. The summed E-state index contributed by atoms with van der Waals surface area (Å²) in [6.07, 6.45) is 2.68. The Hall–Kier alpha value is -0.420. The lowest BCUT2D eigenvalue weighted by atomic mass is 10.4. The van der Waals surface area contributed by atoms with Crippen molar-refractivity contribution in [2.45, 2.75) is 19.4 Å². The highest BCUT2D eigenvalue weighted by Crippen LogP contribution is 2.09. The zero-order chi connectivity index (χ0) is 10.4. The second-order valence-electron chi connectivity index (χ2n) is 2.94. The molecule has 1 heterocycles. The van der Waals surface area contributed by atoms with E-state index in [1.165, 1.54) is 0 Å². The van der Waals surface area contributed by atoms with Gasteiger partial charge in [-0.15, -0.1) is 16.7 Å². The molecule has 80 valence electrons. The van der Waals surface area contributed by atoms with Crippen LogP contribution in [0.5, 0.6) is 0 Å². The lowest BCUT2D eigenvalue weighted by Gasteiger charge is -2.08. The minimum atomic E-state index is 0.328. The van der Waals surface area contributed by atoms with Gasteiger partial charge in [-0.2, -0.15) is 11.8 Å². The molecule has 1 atom stereocenters. The van der Waals surface area contributed by atoms with Gasteiger partial charge in [0.2, 0.25) is 5.89 Å². The Morgan fingerprint density at radius 3 is 3.00 bits per heavy atom. The van der Waals surface area contributed by atoms with E-state index in [2.05, 4.69) is 28.7 Å². The number of nitrogens with one attached hydrogen (secondary N) is 1. The molecule has 0 fully saturated rings. The van der Waals surface area contributed by atoms with Gasteiger partial charge in [0.05, 0.1) is 0 Å². The first kappa shape index (κ1) is 11.7. The molecule has 1 unspecified atom stereocenters. The van der Waals surface area contributed by atoms with E-state index in [1.54, 1.807) is 11.8 Å². The fraction of sp³-hybridized carbons (Fsp3) is 0.750. The molecule has 0 saturated carbocycles. The highest BCUT2D eigenvalue weighted by molar-refractivity contribution is 7.98. The van der Waals surface area contributed by atoms with Gasteiger partial charge in [-0.3, -0.25) is 0 Å². The minimum Gasteiger partial charge on any atom is -0.408 e. The van der Waals surface area contributed by atoms with Gasteiger partial charge in [-0.25, -0.2) is 0 Å². The SMILES string of the molecule is CSCC(C)Nc1nnc(CCCl)o1. The molecule has 0 saturated heterocycles. The van der Waals surface area contributed by atoms with Crippen molar-refractivity contribution >= 4 is 29.4 Å². The van der Waals surface area contributed by atoms with Crippen LogP contribution in [0.15, 0.2) is 4.42 Å². The number of aryl methyl sites for hydroxylation is 1. The molecule has 1 N–H and O–H groups in total. The van der Waals surface area contributed by atoms with Crippen LogP contribution in [0, 0.1) is 0 Å². The Balaban J connectivity index is 2.42. The summed E-state index contributed by atoms with van der Waals surface area (Å²) in [4.78, 5) is 0. The number of alkyl halides is 1. The summed E-state index contributed by atoms with van der Waals surface area (Å²) >= 11 is 7.32. The van der Waals surface area contributed by atoms with Gasteiger partial charge in [0, 0.05) is 24.1 Å². The third-order valence-electron chi connectivity index (χ3n) is 1.56. The van der Waals surface area contributed by atoms with Crippen LogP contribution in [0.3, 0.4) is 0 Å². The lowest BCUT2D eigenvalue weighted by molar-refractivity contribution is 0.509. The van der Waals surface area contributed by atoms with E-state index >= 15 is 0 Å². The average Bonchev–Trinajstić information content (AvgIpc) is 2.53. The number of hydrogen-bond donors (Lipinski definition) is 1. The van der Waals surface area contributed by atoms with Crippen LogP contribution >= 0.6 is 23.4 Å². The Morgan fingerprint density at radius 1 is 1.57 bits per heavy atom. The number of rotatable bonds is 6. The van der Waals surface area contributed by atoms with Crippen LogP contribution in [0.1, 0.15) is 12.8 Å². The van der Waals surface area contributed by atoms with E-state index in [0.717, 1.165) is 5.75 Å². The average molecular weight is 236 g/mol. The van der Waals surface area contributed by atoms with E-state index in [1.807, 2.05) is 0 Å². The van der Waals surface area contributed by atoms with Crippen molar-refractivity contribution in [1.29, 1.82) is 0 Å². The van der Waals surface area contributed by atoms with Crippen LogP contribution in [-0.2, 0) is 6.42 Å². The second-order valence-corrected chi connectivity index (χ2v) is 4.23. The van der Waals surface area contributed by atoms with Gasteiger partial charge in [0.25, 0.3) is 0 Å². The van der Waals surface area contributed by atoms with Gasteiger partial charge in [0.1, 0.15) is 0 Å². The largest absolute Gasteiger partial charge is 0.408 e. The number of hydrogen-bond acceptors (Lipinski definition) is 5. The molecule has 0 spiro atoms. The molecule has 1 aromatic heterocycles. The summed E-state index contributed by atoms with van der Waals surface area (Å²) in [5, 5.41) is 10.8.